The van der Waals surface area contributed by atoms with Crippen molar-refractivity contribution in [2.24, 2.45) is 0 Å². The van der Waals surface area contributed by atoms with Gasteiger partial charge in [0, 0.05) is 4.90 Å². The molecule has 1 aliphatic rings. The monoisotopic (exact) mass is 556 g/mol. The molecule has 1 heterocycles. The molecule has 0 saturated carbocycles. The van der Waals surface area contributed by atoms with Crippen LogP contribution < -0.4 is 4.74 Å². The summed E-state index contributed by atoms with van der Waals surface area (Å²) in [6.07, 6.45) is -1.27. The van der Waals surface area contributed by atoms with Gasteiger partial charge in [-0.25, -0.2) is 0 Å². The summed E-state index contributed by atoms with van der Waals surface area (Å²) in [7, 11) is 1.67. The Hall–Kier alpha value is -3.13. The van der Waals surface area contributed by atoms with Gasteiger partial charge in [0.1, 0.15) is 29.5 Å². The van der Waals surface area contributed by atoms with Crippen molar-refractivity contribution in [1.82, 2.24) is 0 Å². The number of methoxy groups -OCH3 is 1. The summed E-state index contributed by atoms with van der Waals surface area (Å²) in [5.74, 6) is 0.816. The van der Waals surface area contributed by atoms with Crippen molar-refractivity contribution >= 4 is 11.8 Å². The lowest BCUT2D eigenvalue weighted by molar-refractivity contribution is -0.242. The highest BCUT2D eigenvalue weighted by Gasteiger charge is 2.47. The van der Waals surface area contributed by atoms with Crippen molar-refractivity contribution in [2.45, 2.75) is 61.5 Å². The molecule has 0 unspecified atom stereocenters. The van der Waals surface area contributed by atoms with Crippen molar-refractivity contribution < 1.29 is 23.7 Å². The highest BCUT2D eigenvalue weighted by Crippen LogP contribution is 2.38. The first kappa shape index (κ1) is 28.4. The summed E-state index contributed by atoms with van der Waals surface area (Å²) < 4.78 is 31.8. The Morgan fingerprint density at radius 1 is 0.575 bits per heavy atom. The second kappa shape index (κ2) is 14.5. The first-order chi connectivity index (χ1) is 19.7. The minimum atomic E-state index is -0.374. The van der Waals surface area contributed by atoms with Crippen LogP contribution in [-0.2, 0) is 38.8 Å². The molecule has 0 bridgehead atoms. The Morgan fingerprint density at radius 3 is 1.60 bits per heavy atom. The van der Waals surface area contributed by atoms with E-state index in [1.54, 1.807) is 18.9 Å². The van der Waals surface area contributed by atoms with E-state index in [1.807, 2.05) is 78.9 Å². The molecule has 5 rings (SSSR count). The van der Waals surface area contributed by atoms with E-state index >= 15 is 0 Å². The van der Waals surface area contributed by atoms with Crippen molar-refractivity contribution in [3.8, 4) is 5.75 Å². The molecule has 208 valence electrons. The van der Waals surface area contributed by atoms with Crippen molar-refractivity contribution in [3.63, 3.8) is 0 Å². The summed E-state index contributed by atoms with van der Waals surface area (Å²) in [5, 5.41) is 0. The zero-order valence-electron chi connectivity index (χ0n) is 22.9. The average molecular weight is 557 g/mol. The Labute approximate surface area is 241 Å². The van der Waals surface area contributed by atoms with E-state index in [0.717, 1.165) is 27.3 Å². The summed E-state index contributed by atoms with van der Waals surface area (Å²) in [5.41, 5.74) is 2.97. The van der Waals surface area contributed by atoms with Gasteiger partial charge in [0.15, 0.2) is 0 Å². The predicted molar refractivity (Wildman–Crippen MR) is 158 cm³/mol. The molecule has 0 aromatic heterocycles. The minimum absolute atomic E-state index is 0.206. The Bertz CT molecular complexity index is 1270. The van der Waals surface area contributed by atoms with E-state index in [4.69, 9.17) is 23.7 Å². The lowest BCUT2D eigenvalue weighted by atomic mass is 9.99. The van der Waals surface area contributed by atoms with Gasteiger partial charge in [-0.05, 0) is 47.9 Å². The predicted octanol–water partition coefficient (Wildman–Crippen LogP) is 7.29. The third-order valence-electron chi connectivity index (χ3n) is 6.89. The SMILES string of the molecule is COc1ccc(CO[C@@H]2[C@@H](OCc3ccccc3)[C@H](C)O[C@@H](Sc3ccccc3)[C@@H]2OCc2ccccc2)cc1. The smallest absolute Gasteiger partial charge is 0.136 e. The first-order valence-corrected chi connectivity index (χ1v) is 14.5. The van der Waals surface area contributed by atoms with E-state index < -0.39 is 0 Å². The van der Waals surface area contributed by atoms with Crippen LogP contribution in [0, 0.1) is 0 Å². The zero-order valence-corrected chi connectivity index (χ0v) is 23.7. The fourth-order valence-corrected chi connectivity index (χ4v) is 5.93. The highest BCUT2D eigenvalue weighted by molar-refractivity contribution is 7.99. The molecule has 0 radical (unpaired) electrons. The molecule has 1 fully saturated rings. The Kier molecular flexibility index (Phi) is 10.3. The van der Waals surface area contributed by atoms with E-state index in [-0.39, 0.29) is 29.9 Å². The average Bonchev–Trinajstić information content (AvgIpc) is 3.01. The fourth-order valence-electron chi connectivity index (χ4n) is 4.74. The molecule has 1 aliphatic heterocycles. The van der Waals surface area contributed by atoms with E-state index in [9.17, 15) is 0 Å². The quantitative estimate of drug-likeness (QED) is 0.183. The van der Waals surface area contributed by atoms with E-state index in [0.29, 0.717) is 19.8 Å². The van der Waals surface area contributed by atoms with Gasteiger partial charge in [-0.3, -0.25) is 0 Å². The molecule has 0 spiro atoms. The molecule has 4 aromatic carbocycles. The zero-order chi connectivity index (χ0) is 27.6. The lowest BCUT2D eigenvalue weighted by Crippen LogP contribution is -2.58. The Balaban J connectivity index is 1.41. The second-order valence-corrected chi connectivity index (χ2v) is 11.0. The van der Waals surface area contributed by atoms with Crippen molar-refractivity contribution in [2.75, 3.05) is 7.11 Å². The van der Waals surface area contributed by atoms with Gasteiger partial charge >= 0.3 is 0 Å². The number of ether oxygens (including phenoxy) is 5. The van der Waals surface area contributed by atoms with Crippen LogP contribution in [0.3, 0.4) is 0 Å². The molecule has 1 saturated heterocycles. The molecule has 5 nitrogen and oxygen atoms in total. The maximum Gasteiger partial charge on any atom is 0.136 e. The van der Waals surface area contributed by atoms with Crippen LogP contribution >= 0.6 is 11.8 Å². The minimum Gasteiger partial charge on any atom is -0.497 e. The molecule has 5 atom stereocenters. The molecular formula is C34H36O5S. The van der Waals surface area contributed by atoms with Crippen LogP contribution in [0.4, 0.5) is 0 Å². The van der Waals surface area contributed by atoms with Crippen LogP contribution in [0.2, 0.25) is 0 Å². The summed E-state index contributed by atoms with van der Waals surface area (Å²) in [6, 6.07) is 38.6. The molecule has 4 aromatic rings. The van der Waals surface area contributed by atoms with E-state index in [2.05, 4.69) is 43.3 Å². The largest absolute Gasteiger partial charge is 0.497 e. The standard InChI is InChI=1S/C34H36O5S/c1-25-31(36-22-26-12-6-3-7-13-26)32(37-24-28-18-20-29(35-2)21-19-28)33(38-23-27-14-8-4-9-15-27)34(39-25)40-30-16-10-5-11-17-30/h3-21,25,31-34H,22-24H2,1-2H3/t25-,31-,32+,33+,34-/m0/s1. The topological polar surface area (TPSA) is 46.2 Å². The maximum atomic E-state index is 6.70. The van der Waals surface area contributed by atoms with Gasteiger partial charge in [0.2, 0.25) is 0 Å². The van der Waals surface area contributed by atoms with Crippen LogP contribution in [0.25, 0.3) is 0 Å². The second-order valence-electron chi connectivity index (χ2n) is 9.79. The molecule has 0 aliphatic carbocycles. The number of hydrogen-bond donors (Lipinski definition) is 0. The van der Waals surface area contributed by atoms with Gasteiger partial charge in [-0.1, -0.05) is 103 Å². The van der Waals surface area contributed by atoms with E-state index in [1.165, 1.54) is 0 Å². The number of hydrogen-bond acceptors (Lipinski definition) is 6. The van der Waals surface area contributed by atoms with Gasteiger partial charge in [-0.15, -0.1) is 0 Å². The number of benzene rings is 4. The molecule has 0 amide bonds. The third-order valence-corrected chi connectivity index (χ3v) is 8.05. The van der Waals surface area contributed by atoms with Crippen LogP contribution in [0.1, 0.15) is 23.6 Å². The molecule has 0 N–H and O–H groups in total. The molecule has 6 heteroatoms. The summed E-state index contributed by atoms with van der Waals surface area (Å²) >= 11 is 1.66. The fraction of sp³-hybridized carbons (Fsp3) is 0.294. The maximum absolute atomic E-state index is 6.70. The lowest BCUT2D eigenvalue weighted by Gasteiger charge is -2.45. The van der Waals surface area contributed by atoms with Gasteiger partial charge < -0.3 is 23.7 Å². The van der Waals surface area contributed by atoms with Crippen molar-refractivity contribution in [3.05, 3.63) is 132 Å². The van der Waals surface area contributed by atoms with Crippen LogP contribution in [-0.4, -0.2) is 37.0 Å². The van der Waals surface area contributed by atoms with Gasteiger partial charge in [-0.2, -0.15) is 0 Å². The summed E-state index contributed by atoms with van der Waals surface area (Å²) in [6.45, 7) is 3.39. The molecule has 40 heavy (non-hydrogen) atoms. The first-order valence-electron chi connectivity index (χ1n) is 13.6. The molecular weight excluding hydrogens is 520 g/mol. The summed E-state index contributed by atoms with van der Waals surface area (Å²) in [4.78, 5) is 1.12. The van der Waals surface area contributed by atoms with Crippen LogP contribution in [0.15, 0.2) is 120 Å². The number of thioether (sulfide) groups is 1. The normalized spacial score (nSPS) is 22.6. The Morgan fingerprint density at radius 2 is 1.05 bits per heavy atom. The highest BCUT2D eigenvalue weighted by atomic mass is 32.2. The van der Waals surface area contributed by atoms with Gasteiger partial charge in [0.05, 0.1) is 33.0 Å². The van der Waals surface area contributed by atoms with Crippen LogP contribution in [0.5, 0.6) is 5.75 Å². The number of rotatable bonds is 12. The third kappa shape index (κ3) is 7.74. The van der Waals surface area contributed by atoms with Gasteiger partial charge in [0.25, 0.3) is 0 Å². The van der Waals surface area contributed by atoms with Crippen molar-refractivity contribution in [1.29, 1.82) is 0 Å².